The number of sulfonamides is 1. The Kier molecular flexibility index (Phi) is 8.45. The van der Waals surface area contributed by atoms with Crippen molar-refractivity contribution in [3.63, 3.8) is 0 Å². The lowest BCUT2D eigenvalue weighted by Crippen LogP contribution is -2.54. The van der Waals surface area contributed by atoms with Gasteiger partial charge in [0.1, 0.15) is 6.04 Å². The number of carbonyl (C=O) groups is 2. The number of hydrogen-bond donors (Lipinski definition) is 1. The summed E-state index contributed by atoms with van der Waals surface area (Å²) >= 11 is 5.85. The van der Waals surface area contributed by atoms with E-state index < -0.39 is 34.1 Å². The van der Waals surface area contributed by atoms with Crippen LogP contribution in [0.1, 0.15) is 33.3 Å². The number of amides is 2. The Balaban J connectivity index is 2.26. The summed E-state index contributed by atoms with van der Waals surface area (Å²) in [6.07, 6.45) is 0. The molecule has 0 fully saturated rings. The molecule has 1 atom stereocenters. The Labute approximate surface area is 195 Å². The minimum absolute atomic E-state index is 0.0327. The molecule has 1 unspecified atom stereocenters. The van der Waals surface area contributed by atoms with E-state index in [2.05, 4.69) is 5.32 Å². The van der Waals surface area contributed by atoms with Crippen LogP contribution in [0.3, 0.4) is 0 Å². The van der Waals surface area contributed by atoms with Gasteiger partial charge in [-0.25, -0.2) is 8.42 Å². The summed E-state index contributed by atoms with van der Waals surface area (Å²) in [7, 11) is -2.57. The Hall–Kier alpha value is -2.42. The molecule has 2 rings (SSSR count). The van der Waals surface area contributed by atoms with Gasteiger partial charge in [-0.15, -0.1) is 0 Å². The van der Waals surface area contributed by atoms with Crippen molar-refractivity contribution in [2.45, 2.75) is 50.7 Å². The van der Waals surface area contributed by atoms with Gasteiger partial charge in [-0.05, 0) is 57.5 Å². The van der Waals surface area contributed by atoms with Gasteiger partial charge in [0.15, 0.2) is 0 Å². The topological polar surface area (TPSA) is 86.8 Å². The summed E-state index contributed by atoms with van der Waals surface area (Å²) in [5.74, 6) is -0.796. The van der Waals surface area contributed by atoms with Gasteiger partial charge in [0, 0.05) is 24.2 Å². The lowest BCUT2D eigenvalue weighted by atomic mass is 10.1. The first-order chi connectivity index (χ1) is 14.8. The van der Waals surface area contributed by atoms with E-state index in [-0.39, 0.29) is 17.3 Å². The first-order valence-corrected chi connectivity index (χ1v) is 12.0. The number of hydrogen-bond acceptors (Lipinski definition) is 4. The summed E-state index contributed by atoms with van der Waals surface area (Å²) in [6.45, 7) is 6.96. The summed E-state index contributed by atoms with van der Waals surface area (Å²) in [5, 5.41) is 3.29. The van der Waals surface area contributed by atoms with Gasteiger partial charge in [0.05, 0.1) is 11.4 Å². The molecule has 0 aliphatic rings. The van der Waals surface area contributed by atoms with Gasteiger partial charge < -0.3 is 10.2 Å². The number of nitrogens with zero attached hydrogens (tertiary/aromatic N) is 2. The van der Waals surface area contributed by atoms with E-state index in [0.717, 1.165) is 9.87 Å². The second kappa shape index (κ2) is 10.5. The standard InChI is InChI=1S/C23H30ClN3O4S/c1-17(22(29)25-23(2,3)4)27(15-18-9-7-6-8-10-18)21(28)16-26(5)32(30,31)20-13-11-19(24)12-14-20/h6-14,17H,15-16H2,1-5H3,(H,25,29). The van der Waals surface area contributed by atoms with Crippen LogP contribution >= 0.6 is 11.6 Å². The zero-order valence-electron chi connectivity index (χ0n) is 19.0. The molecule has 0 spiro atoms. The molecule has 0 aromatic heterocycles. The molecule has 2 amide bonds. The third kappa shape index (κ3) is 7.05. The first-order valence-electron chi connectivity index (χ1n) is 10.2. The third-order valence-corrected chi connectivity index (χ3v) is 6.81. The van der Waals surface area contributed by atoms with Crippen molar-refractivity contribution in [1.82, 2.24) is 14.5 Å². The van der Waals surface area contributed by atoms with Crippen LogP contribution in [0.15, 0.2) is 59.5 Å². The maximum Gasteiger partial charge on any atom is 0.243 e. The van der Waals surface area contributed by atoms with Crippen molar-refractivity contribution < 1.29 is 18.0 Å². The summed E-state index contributed by atoms with van der Waals surface area (Å²) in [6, 6.07) is 14.2. The predicted octanol–water partition coefficient (Wildman–Crippen LogP) is 3.29. The highest BCUT2D eigenvalue weighted by atomic mass is 35.5. The van der Waals surface area contributed by atoms with Crippen LogP contribution in [0.25, 0.3) is 0 Å². The quantitative estimate of drug-likeness (QED) is 0.629. The van der Waals surface area contributed by atoms with Crippen molar-refractivity contribution in [1.29, 1.82) is 0 Å². The smallest absolute Gasteiger partial charge is 0.243 e. The summed E-state index contributed by atoms with van der Waals surface area (Å²) in [5.41, 5.74) is 0.362. The molecule has 174 valence electrons. The average molecular weight is 480 g/mol. The fraction of sp³-hybridized carbons (Fsp3) is 0.391. The number of halogens is 1. The van der Waals surface area contributed by atoms with Gasteiger partial charge >= 0.3 is 0 Å². The predicted molar refractivity (Wildman–Crippen MR) is 126 cm³/mol. The molecular formula is C23H30ClN3O4S. The highest BCUT2D eigenvalue weighted by molar-refractivity contribution is 7.89. The third-order valence-electron chi connectivity index (χ3n) is 4.74. The van der Waals surface area contributed by atoms with E-state index in [1.54, 1.807) is 6.92 Å². The van der Waals surface area contributed by atoms with Crippen LogP contribution in [0, 0.1) is 0 Å². The molecule has 7 nitrogen and oxygen atoms in total. The normalized spacial score (nSPS) is 13.0. The van der Waals surface area contributed by atoms with E-state index in [1.807, 2.05) is 51.1 Å². The molecule has 0 aliphatic heterocycles. The number of benzene rings is 2. The van der Waals surface area contributed by atoms with E-state index in [0.29, 0.717) is 5.02 Å². The second-order valence-corrected chi connectivity index (χ2v) is 11.1. The zero-order chi connectivity index (χ0) is 24.1. The molecule has 2 aromatic carbocycles. The average Bonchev–Trinajstić information content (AvgIpc) is 2.71. The number of rotatable bonds is 8. The first kappa shape index (κ1) is 25.8. The molecule has 0 saturated heterocycles. The molecule has 0 saturated carbocycles. The molecule has 32 heavy (non-hydrogen) atoms. The fourth-order valence-corrected chi connectivity index (χ4v) is 4.24. The highest BCUT2D eigenvalue weighted by Crippen LogP contribution is 2.18. The molecule has 1 N–H and O–H groups in total. The van der Waals surface area contributed by atoms with Crippen LogP contribution in [0.2, 0.25) is 5.02 Å². The molecule has 0 heterocycles. The van der Waals surface area contributed by atoms with Crippen molar-refractivity contribution >= 4 is 33.4 Å². The molecule has 0 aliphatic carbocycles. The number of likely N-dealkylation sites (N-methyl/N-ethyl adjacent to an activating group) is 1. The monoisotopic (exact) mass is 479 g/mol. The SMILES string of the molecule is CC(C(=O)NC(C)(C)C)N(Cc1ccccc1)C(=O)CN(C)S(=O)(=O)c1ccc(Cl)cc1. The minimum atomic E-state index is -3.91. The Bertz CT molecular complexity index is 1040. The van der Waals surface area contributed by atoms with Crippen molar-refractivity contribution in [3.8, 4) is 0 Å². The van der Waals surface area contributed by atoms with Crippen LogP contribution in [0.4, 0.5) is 0 Å². The molecule has 2 aromatic rings. The zero-order valence-corrected chi connectivity index (χ0v) is 20.6. The lowest BCUT2D eigenvalue weighted by molar-refractivity contribution is -0.141. The fourth-order valence-electron chi connectivity index (χ4n) is 2.99. The van der Waals surface area contributed by atoms with Crippen molar-refractivity contribution in [3.05, 3.63) is 65.2 Å². The maximum absolute atomic E-state index is 13.2. The van der Waals surface area contributed by atoms with Gasteiger partial charge in [-0.3, -0.25) is 9.59 Å². The minimum Gasteiger partial charge on any atom is -0.350 e. The van der Waals surface area contributed by atoms with Crippen LogP contribution < -0.4 is 5.32 Å². The highest BCUT2D eigenvalue weighted by Gasteiger charge is 2.31. The van der Waals surface area contributed by atoms with Crippen LogP contribution in [-0.2, 0) is 26.2 Å². The Morgan fingerprint density at radius 3 is 2.12 bits per heavy atom. The van der Waals surface area contributed by atoms with E-state index >= 15 is 0 Å². The van der Waals surface area contributed by atoms with Gasteiger partial charge in [-0.2, -0.15) is 4.31 Å². The molecule has 0 radical (unpaired) electrons. The van der Waals surface area contributed by atoms with E-state index in [1.165, 1.54) is 36.2 Å². The van der Waals surface area contributed by atoms with E-state index in [9.17, 15) is 18.0 Å². The number of nitrogens with one attached hydrogen (secondary N) is 1. The van der Waals surface area contributed by atoms with Crippen LogP contribution in [-0.4, -0.2) is 54.6 Å². The largest absolute Gasteiger partial charge is 0.350 e. The van der Waals surface area contributed by atoms with Gasteiger partial charge in [0.25, 0.3) is 0 Å². The summed E-state index contributed by atoms with van der Waals surface area (Å²) < 4.78 is 26.7. The molecule has 9 heteroatoms. The lowest BCUT2D eigenvalue weighted by Gasteiger charge is -2.32. The maximum atomic E-state index is 13.2. The molecule has 0 bridgehead atoms. The Morgan fingerprint density at radius 2 is 1.59 bits per heavy atom. The van der Waals surface area contributed by atoms with Crippen molar-refractivity contribution in [2.75, 3.05) is 13.6 Å². The number of carbonyl (C=O) groups excluding carboxylic acids is 2. The molecular weight excluding hydrogens is 450 g/mol. The second-order valence-electron chi connectivity index (χ2n) is 8.64. The van der Waals surface area contributed by atoms with E-state index in [4.69, 9.17) is 11.6 Å². The van der Waals surface area contributed by atoms with Crippen molar-refractivity contribution in [2.24, 2.45) is 0 Å². The Morgan fingerprint density at radius 1 is 1.03 bits per heavy atom. The van der Waals surface area contributed by atoms with Gasteiger partial charge in [-0.1, -0.05) is 41.9 Å². The van der Waals surface area contributed by atoms with Gasteiger partial charge in [0.2, 0.25) is 21.8 Å². The summed E-state index contributed by atoms with van der Waals surface area (Å²) in [4.78, 5) is 27.4. The van der Waals surface area contributed by atoms with Crippen LogP contribution in [0.5, 0.6) is 0 Å².